The Bertz CT molecular complexity index is 731. The SMILES string of the molecule is C[C@H]1CC[C@H](C(N)=O)CN1CC(=O)Nc1cccc2nsnc12. The van der Waals surface area contributed by atoms with Crippen LogP contribution in [-0.2, 0) is 9.59 Å². The number of hydrogen-bond acceptors (Lipinski definition) is 6. The molecule has 1 aromatic heterocycles. The van der Waals surface area contributed by atoms with Crippen molar-refractivity contribution in [2.45, 2.75) is 25.8 Å². The lowest BCUT2D eigenvalue weighted by Crippen LogP contribution is -2.48. The number of carbonyl (C=O) groups is 2. The molecular formula is C15H19N5O2S. The van der Waals surface area contributed by atoms with Crippen molar-refractivity contribution in [3.05, 3.63) is 18.2 Å². The first kappa shape index (κ1) is 15.8. The summed E-state index contributed by atoms with van der Waals surface area (Å²) in [6.07, 6.45) is 1.66. The fourth-order valence-corrected chi connectivity index (χ4v) is 3.46. The average molecular weight is 333 g/mol. The molecule has 7 nitrogen and oxygen atoms in total. The normalized spacial score (nSPS) is 22.1. The van der Waals surface area contributed by atoms with E-state index in [1.165, 1.54) is 0 Å². The number of hydrogen-bond donors (Lipinski definition) is 2. The van der Waals surface area contributed by atoms with Crippen molar-refractivity contribution in [2.75, 3.05) is 18.4 Å². The van der Waals surface area contributed by atoms with Crippen LogP contribution in [0.15, 0.2) is 18.2 Å². The first-order valence-corrected chi connectivity index (χ1v) is 8.32. The van der Waals surface area contributed by atoms with Crippen LogP contribution in [0.25, 0.3) is 11.0 Å². The maximum Gasteiger partial charge on any atom is 0.238 e. The Kier molecular flexibility index (Phi) is 4.53. The third-order valence-electron chi connectivity index (χ3n) is 4.32. The van der Waals surface area contributed by atoms with Gasteiger partial charge >= 0.3 is 0 Å². The van der Waals surface area contributed by atoms with E-state index in [2.05, 4.69) is 21.0 Å². The fourth-order valence-electron chi connectivity index (χ4n) is 2.91. The third-order valence-corrected chi connectivity index (χ3v) is 4.86. The Morgan fingerprint density at radius 3 is 3.00 bits per heavy atom. The molecule has 23 heavy (non-hydrogen) atoms. The number of anilines is 1. The predicted octanol–water partition coefficient (Wildman–Crippen LogP) is 1.22. The first-order chi connectivity index (χ1) is 11.0. The molecule has 0 spiro atoms. The second-order valence-corrected chi connectivity index (χ2v) is 6.47. The minimum Gasteiger partial charge on any atom is -0.369 e. The molecule has 1 fully saturated rings. The molecule has 0 aliphatic carbocycles. The van der Waals surface area contributed by atoms with Gasteiger partial charge in [-0.05, 0) is 31.9 Å². The van der Waals surface area contributed by atoms with Crippen LogP contribution in [0, 0.1) is 5.92 Å². The Hall–Kier alpha value is -2.06. The van der Waals surface area contributed by atoms with Crippen molar-refractivity contribution in [3.63, 3.8) is 0 Å². The van der Waals surface area contributed by atoms with Gasteiger partial charge in [-0.25, -0.2) is 0 Å². The topological polar surface area (TPSA) is 101 Å². The highest BCUT2D eigenvalue weighted by Crippen LogP contribution is 2.23. The maximum absolute atomic E-state index is 12.4. The number of primary amides is 1. The van der Waals surface area contributed by atoms with E-state index in [0.29, 0.717) is 17.7 Å². The third kappa shape index (κ3) is 3.48. The second kappa shape index (κ2) is 6.59. The summed E-state index contributed by atoms with van der Waals surface area (Å²) in [5.41, 5.74) is 7.54. The van der Waals surface area contributed by atoms with Crippen LogP contribution in [0.4, 0.5) is 5.69 Å². The van der Waals surface area contributed by atoms with Crippen molar-refractivity contribution in [1.82, 2.24) is 13.6 Å². The van der Waals surface area contributed by atoms with Gasteiger partial charge in [0, 0.05) is 12.6 Å². The molecule has 8 heteroatoms. The number of aromatic nitrogens is 2. The highest BCUT2D eigenvalue weighted by atomic mass is 32.1. The largest absolute Gasteiger partial charge is 0.369 e. The number of fused-ring (bicyclic) bond motifs is 1. The zero-order valence-corrected chi connectivity index (χ0v) is 13.7. The number of benzene rings is 1. The van der Waals surface area contributed by atoms with Gasteiger partial charge in [0.05, 0.1) is 29.9 Å². The van der Waals surface area contributed by atoms with E-state index in [1.54, 1.807) is 0 Å². The molecular weight excluding hydrogens is 314 g/mol. The molecule has 3 N–H and O–H groups in total. The predicted molar refractivity (Wildman–Crippen MR) is 89.0 cm³/mol. The number of nitrogens with two attached hydrogens (primary N) is 1. The van der Waals surface area contributed by atoms with Crippen molar-refractivity contribution < 1.29 is 9.59 Å². The molecule has 1 aliphatic rings. The summed E-state index contributed by atoms with van der Waals surface area (Å²) >= 11 is 1.12. The van der Waals surface area contributed by atoms with E-state index in [9.17, 15) is 9.59 Å². The summed E-state index contributed by atoms with van der Waals surface area (Å²) in [4.78, 5) is 25.7. The van der Waals surface area contributed by atoms with Crippen molar-refractivity contribution in [3.8, 4) is 0 Å². The summed E-state index contributed by atoms with van der Waals surface area (Å²) < 4.78 is 8.37. The number of nitrogens with one attached hydrogen (secondary N) is 1. The summed E-state index contributed by atoms with van der Waals surface area (Å²) in [6.45, 7) is 2.83. The Morgan fingerprint density at radius 1 is 1.39 bits per heavy atom. The quantitative estimate of drug-likeness (QED) is 0.876. The summed E-state index contributed by atoms with van der Waals surface area (Å²) in [5.74, 6) is -0.590. The molecule has 1 aromatic carbocycles. The number of amides is 2. The molecule has 1 aliphatic heterocycles. The van der Waals surface area contributed by atoms with Gasteiger partial charge in [-0.2, -0.15) is 8.75 Å². The van der Waals surface area contributed by atoms with Crippen LogP contribution >= 0.6 is 11.7 Å². The fraction of sp³-hybridized carbons (Fsp3) is 0.467. The van der Waals surface area contributed by atoms with E-state index in [1.807, 2.05) is 23.1 Å². The van der Waals surface area contributed by atoms with Gasteiger partial charge < -0.3 is 11.1 Å². The van der Waals surface area contributed by atoms with Gasteiger partial charge in [0.15, 0.2) is 0 Å². The van der Waals surface area contributed by atoms with Gasteiger partial charge in [0.25, 0.3) is 0 Å². The van der Waals surface area contributed by atoms with Crippen molar-refractivity contribution >= 4 is 40.3 Å². The highest BCUT2D eigenvalue weighted by Gasteiger charge is 2.29. The van der Waals surface area contributed by atoms with Crippen LogP contribution in [0.5, 0.6) is 0 Å². The minimum absolute atomic E-state index is 0.123. The molecule has 0 saturated carbocycles. The standard InChI is InChI=1S/C15H19N5O2S/c1-9-5-6-10(15(16)22)7-20(9)8-13(21)17-11-3-2-4-12-14(11)19-23-18-12/h2-4,9-10H,5-8H2,1H3,(H2,16,22)(H,17,21)/t9-,10-/m0/s1. The smallest absolute Gasteiger partial charge is 0.238 e. The van der Waals surface area contributed by atoms with E-state index >= 15 is 0 Å². The van der Waals surface area contributed by atoms with Crippen LogP contribution in [-0.4, -0.2) is 44.6 Å². The molecule has 0 radical (unpaired) electrons. The Labute approximate surface area is 138 Å². The van der Waals surface area contributed by atoms with Gasteiger partial charge in [-0.15, -0.1) is 0 Å². The van der Waals surface area contributed by atoms with Crippen LogP contribution < -0.4 is 11.1 Å². The molecule has 1 saturated heterocycles. The lowest BCUT2D eigenvalue weighted by Gasteiger charge is -2.36. The van der Waals surface area contributed by atoms with Gasteiger partial charge in [0.1, 0.15) is 11.0 Å². The van der Waals surface area contributed by atoms with E-state index < -0.39 is 0 Å². The molecule has 122 valence electrons. The monoisotopic (exact) mass is 333 g/mol. The van der Waals surface area contributed by atoms with Gasteiger partial charge in [-0.3, -0.25) is 14.5 Å². The lowest BCUT2D eigenvalue weighted by atomic mass is 9.93. The molecule has 2 amide bonds. The summed E-state index contributed by atoms with van der Waals surface area (Å²) in [5, 5.41) is 2.89. The van der Waals surface area contributed by atoms with E-state index in [-0.39, 0.29) is 30.3 Å². The molecule has 0 bridgehead atoms. The molecule has 3 rings (SSSR count). The van der Waals surface area contributed by atoms with Crippen molar-refractivity contribution in [2.24, 2.45) is 11.7 Å². The zero-order chi connectivity index (χ0) is 16.4. The maximum atomic E-state index is 12.4. The van der Waals surface area contributed by atoms with Crippen LogP contribution in [0.2, 0.25) is 0 Å². The van der Waals surface area contributed by atoms with Crippen LogP contribution in [0.1, 0.15) is 19.8 Å². The number of likely N-dealkylation sites (tertiary alicyclic amines) is 1. The second-order valence-electron chi connectivity index (χ2n) is 5.94. The zero-order valence-electron chi connectivity index (χ0n) is 12.9. The number of nitrogens with zero attached hydrogens (tertiary/aromatic N) is 3. The Morgan fingerprint density at radius 2 is 2.22 bits per heavy atom. The molecule has 2 aromatic rings. The number of rotatable bonds is 4. The lowest BCUT2D eigenvalue weighted by molar-refractivity contribution is -0.126. The first-order valence-electron chi connectivity index (χ1n) is 7.59. The Balaban J connectivity index is 1.66. The minimum atomic E-state index is -0.291. The van der Waals surface area contributed by atoms with Gasteiger partial charge in [0.2, 0.25) is 11.8 Å². The molecule has 2 atom stereocenters. The van der Waals surface area contributed by atoms with Crippen molar-refractivity contribution in [1.29, 1.82) is 0 Å². The summed E-state index contributed by atoms with van der Waals surface area (Å²) in [6, 6.07) is 5.77. The van der Waals surface area contributed by atoms with Crippen LogP contribution in [0.3, 0.4) is 0 Å². The van der Waals surface area contributed by atoms with E-state index in [4.69, 9.17) is 5.73 Å². The number of carbonyl (C=O) groups excluding carboxylic acids is 2. The highest BCUT2D eigenvalue weighted by molar-refractivity contribution is 7.00. The van der Waals surface area contributed by atoms with E-state index in [0.717, 1.165) is 30.1 Å². The summed E-state index contributed by atoms with van der Waals surface area (Å²) in [7, 11) is 0. The van der Waals surface area contributed by atoms with Gasteiger partial charge in [-0.1, -0.05) is 6.07 Å². The molecule has 0 unspecified atom stereocenters. The average Bonchev–Trinajstić information content (AvgIpc) is 2.99. The molecule has 2 heterocycles. The number of piperidine rings is 1.